The summed E-state index contributed by atoms with van der Waals surface area (Å²) < 4.78 is 12.4. The first-order chi connectivity index (χ1) is 44.2. The molecule has 0 radical (unpaired) electrons. The molecule has 482 valence electrons. The maximum Gasteiger partial charge on any atom is 0.415 e. The Balaban J connectivity index is 0.707. The molecule has 3 aliphatic rings. The van der Waals surface area contributed by atoms with Crippen LogP contribution in [0.2, 0.25) is 0 Å². The Labute approximate surface area is 538 Å². The van der Waals surface area contributed by atoms with Crippen LogP contribution in [0.25, 0.3) is 31.9 Å². The zero-order valence-corrected chi connectivity index (χ0v) is 52.8. The number of thiophene rings is 1. The molecule has 7 aromatic rings. The van der Waals surface area contributed by atoms with Crippen LogP contribution >= 0.6 is 22.9 Å². The van der Waals surface area contributed by atoms with Gasteiger partial charge in [0.2, 0.25) is 17.7 Å². The molecule has 0 spiro atoms. The van der Waals surface area contributed by atoms with Crippen molar-refractivity contribution >= 4 is 137 Å². The Morgan fingerprint density at radius 1 is 0.761 bits per heavy atom. The fourth-order valence-electron chi connectivity index (χ4n) is 11.4. The number of hydrogen-bond acceptors (Lipinski definition) is 14. The maximum atomic E-state index is 14.5. The van der Waals surface area contributed by atoms with Crippen molar-refractivity contribution in [2.24, 2.45) is 11.7 Å². The molecule has 6 heterocycles. The third-order valence-electron chi connectivity index (χ3n) is 16.4. The molecule has 0 bridgehead atoms. The number of nitrogens with zero attached hydrogens (tertiary/aromatic N) is 4. The van der Waals surface area contributed by atoms with Crippen LogP contribution in [0, 0.1) is 12.8 Å². The number of likely N-dealkylation sites (N-methyl/N-ethyl adjacent to an activating group) is 1. The standard InChI is InChI=1S/C65H72ClN13O12S/c1-36(2)57(75-52(80)10-6-5-7-22-78-53(81)19-20-54(78)82)61(85)74-47(9-8-21-68-63(67)87)59(83)69-42-13-11-38(12-14-42)34-90-64(88)71-44-16-18-45-39(28-44)29-48(72-45)60(84)70-43-15-17-46-40(27-43)30-49(73-46)62(86)79-33-41(32-66)56-50(79)31-51(58-55(56)37(3)35-92-58)91-65(89)77-25-23-76(4)24-26-77/h11-20,27-31,35-36,41,47,57,72-73H,5-10,21-26,32-34H2,1-4H3,(H,69,83)(H,70,84)(H,71,88)(H,74,85)(H,75,80)(H3,67,68,87)/t41-,47+,57+/m1/s1. The minimum Gasteiger partial charge on any atom is -0.444 e. The van der Waals surface area contributed by atoms with Crippen molar-refractivity contribution in [2.75, 3.05) is 79.6 Å². The van der Waals surface area contributed by atoms with Crippen LogP contribution in [0.1, 0.15) is 96.0 Å². The number of halogens is 1. The van der Waals surface area contributed by atoms with Crippen molar-refractivity contribution < 1.29 is 57.4 Å². The lowest BCUT2D eigenvalue weighted by atomic mass is 9.97. The van der Waals surface area contributed by atoms with E-state index in [0.29, 0.717) is 100 Å². The van der Waals surface area contributed by atoms with E-state index in [-0.39, 0.29) is 86.0 Å². The fraction of sp³-hybridized carbons (Fsp3) is 0.354. The molecular weight excluding hydrogens is 1220 g/mol. The summed E-state index contributed by atoms with van der Waals surface area (Å²) in [5.41, 5.74) is 11.5. The molecule has 3 atom stereocenters. The lowest BCUT2D eigenvalue weighted by Gasteiger charge is -2.31. The predicted molar refractivity (Wildman–Crippen MR) is 350 cm³/mol. The average molecular weight is 1290 g/mol. The van der Waals surface area contributed by atoms with Crippen LogP contribution in [0.5, 0.6) is 5.75 Å². The molecule has 11 amide bonds. The number of hydrogen-bond donors (Lipinski definition) is 9. The number of carbonyl (C=O) groups is 10. The second-order valence-electron chi connectivity index (χ2n) is 23.4. The van der Waals surface area contributed by atoms with E-state index < -0.39 is 48.0 Å². The summed E-state index contributed by atoms with van der Waals surface area (Å²) in [6, 6.07) is 19.2. The van der Waals surface area contributed by atoms with Gasteiger partial charge < -0.3 is 66.5 Å². The Bertz CT molecular complexity index is 4020. The molecule has 0 saturated carbocycles. The Morgan fingerprint density at radius 2 is 1.42 bits per heavy atom. The predicted octanol–water partition coefficient (Wildman–Crippen LogP) is 8.40. The zero-order chi connectivity index (χ0) is 65.3. The molecular formula is C65H72ClN13O12S. The lowest BCUT2D eigenvalue weighted by molar-refractivity contribution is -0.137. The number of aryl methyl sites for hydroxylation is 1. The van der Waals surface area contributed by atoms with Gasteiger partial charge in [-0.2, -0.15) is 0 Å². The molecule has 1 fully saturated rings. The number of amides is 11. The quantitative estimate of drug-likeness (QED) is 0.0156. The third-order valence-corrected chi connectivity index (χ3v) is 17.9. The van der Waals surface area contributed by atoms with Gasteiger partial charge in [0.05, 0.1) is 10.4 Å². The number of rotatable bonds is 24. The van der Waals surface area contributed by atoms with E-state index in [4.69, 9.17) is 26.8 Å². The highest BCUT2D eigenvalue weighted by Gasteiger charge is 2.38. The number of piperazine rings is 1. The molecule has 10 N–H and O–H groups in total. The number of anilines is 4. The molecule has 3 aliphatic heterocycles. The highest BCUT2D eigenvalue weighted by molar-refractivity contribution is 7.17. The zero-order valence-electron chi connectivity index (χ0n) is 51.2. The summed E-state index contributed by atoms with van der Waals surface area (Å²) in [7, 11) is 2.02. The first-order valence-corrected chi connectivity index (χ1v) is 31.8. The second kappa shape index (κ2) is 29.0. The highest BCUT2D eigenvalue weighted by Crippen LogP contribution is 2.49. The van der Waals surface area contributed by atoms with Crippen LogP contribution in [0.15, 0.2) is 96.4 Å². The van der Waals surface area contributed by atoms with Gasteiger partial charge in [0.15, 0.2) is 5.75 Å². The molecule has 4 aromatic carbocycles. The monoisotopic (exact) mass is 1290 g/mol. The third kappa shape index (κ3) is 15.5. The first-order valence-electron chi connectivity index (χ1n) is 30.3. The number of unbranched alkanes of at least 4 members (excludes halogenated alkanes) is 2. The van der Waals surface area contributed by atoms with Crippen molar-refractivity contribution in [2.45, 2.75) is 83.9 Å². The van der Waals surface area contributed by atoms with Crippen LogP contribution in [-0.2, 0) is 35.3 Å². The van der Waals surface area contributed by atoms with Crippen molar-refractivity contribution in [3.05, 3.63) is 124 Å². The van der Waals surface area contributed by atoms with Gasteiger partial charge in [-0.1, -0.05) is 32.4 Å². The summed E-state index contributed by atoms with van der Waals surface area (Å²) in [5.74, 6) is -2.82. The number of fused-ring (bicyclic) bond motifs is 5. The summed E-state index contributed by atoms with van der Waals surface area (Å²) in [6.07, 6.45) is 3.28. The number of H-pyrrole nitrogens is 2. The smallest absolute Gasteiger partial charge is 0.415 e. The van der Waals surface area contributed by atoms with E-state index in [1.165, 1.54) is 23.5 Å². The average Bonchev–Trinajstić information content (AvgIpc) is 1.57. The van der Waals surface area contributed by atoms with Crippen LogP contribution in [0.3, 0.4) is 0 Å². The number of aromatic amines is 2. The van der Waals surface area contributed by atoms with Gasteiger partial charge in [0.25, 0.3) is 23.6 Å². The Morgan fingerprint density at radius 3 is 2.10 bits per heavy atom. The van der Waals surface area contributed by atoms with Crippen LogP contribution < -0.4 is 47.3 Å². The van der Waals surface area contributed by atoms with Gasteiger partial charge >= 0.3 is 18.2 Å². The maximum absolute atomic E-state index is 14.5. The van der Waals surface area contributed by atoms with Crippen molar-refractivity contribution in [1.29, 1.82) is 0 Å². The van der Waals surface area contributed by atoms with Gasteiger partial charge in [0, 0.05) is 127 Å². The second-order valence-corrected chi connectivity index (χ2v) is 24.6. The number of aromatic nitrogens is 2. The molecule has 3 aromatic heterocycles. The number of nitrogens with two attached hydrogens (primary N) is 1. The number of ether oxygens (including phenoxy) is 2. The molecule has 0 unspecified atom stereocenters. The highest BCUT2D eigenvalue weighted by atomic mass is 35.5. The number of urea groups is 1. The van der Waals surface area contributed by atoms with Gasteiger partial charge in [-0.15, -0.1) is 22.9 Å². The number of primary amides is 1. The normalized spacial score (nSPS) is 15.4. The SMILES string of the molecule is Cc1csc2c(OC(=O)N3CCN(C)CC3)cc3c(c12)[C@H](CCl)CN3C(=O)c1cc2cc(NC(=O)c3cc4cc(NC(=O)OCc5ccc(NC(=O)[C@H](CCCNC(N)=O)NC(=O)[C@@H](NC(=O)CCCCCN6C(=O)C=CC6=O)C(C)C)cc5)ccc4[nH]3)ccc2[nH]1. The van der Waals surface area contributed by atoms with Gasteiger partial charge in [-0.25, -0.2) is 14.4 Å². The summed E-state index contributed by atoms with van der Waals surface area (Å²) >= 11 is 8.09. The van der Waals surface area contributed by atoms with Gasteiger partial charge in [-0.3, -0.25) is 43.8 Å². The van der Waals surface area contributed by atoms with Crippen molar-refractivity contribution in [3.8, 4) is 5.75 Å². The van der Waals surface area contributed by atoms with E-state index in [2.05, 4.69) is 46.8 Å². The van der Waals surface area contributed by atoms with Crippen molar-refractivity contribution in [3.63, 3.8) is 0 Å². The Kier molecular flexibility index (Phi) is 20.5. The molecule has 0 aliphatic carbocycles. The van der Waals surface area contributed by atoms with Gasteiger partial charge in [0.1, 0.15) is 30.1 Å². The molecule has 25 nitrogen and oxygen atoms in total. The molecule has 10 rings (SSSR count). The first kappa shape index (κ1) is 65.2. The minimum atomic E-state index is -1.08. The largest absolute Gasteiger partial charge is 0.444 e. The number of imide groups is 1. The minimum absolute atomic E-state index is 0.101. The molecule has 27 heteroatoms. The summed E-state index contributed by atoms with van der Waals surface area (Å²) in [5, 5.41) is 20.7. The van der Waals surface area contributed by atoms with E-state index in [9.17, 15) is 47.9 Å². The van der Waals surface area contributed by atoms with E-state index in [1.54, 1.807) is 103 Å². The van der Waals surface area contributed by atoms with Crippen LogP contribution in [0.4, 0.5) is 37.1 Å². The topological polar surface area (TPSA) is 332 Å². The summed E-state index contributed by atoms with van der Waals surface area (Å²) in [4.78, 5) is 143. The van der Waals surface area contributed by atoms with Gasteiger partial charge in [-0.05, 0) is 128 Å². The molecule has 92 heavy (non-hydrogen) atoms. The summed E-state index contributed by atoms with van der Waals surface area (Å²) in [6.45, 7) is 8.68. The Hall–Kier alpha value is -9.79. The fourth-order valence-corrected chi connectivity index (χ4v) is 12.6. The number of benzene rings is 4. The van der Waals surface area contributed by atoms with E-state index >= 15 is 0 Å². The lowest BCUT2D eigenvalue weighted by Crippen LogP contribution is -2.54. The van der Waals surface area contributed by atoms with Crippen LogP contribution in [-0.4, -0.2) is 155 Å². The number of carbonyl (C=O) groups excluding carboxylic acids is 10. The number of alkyl halides is 1. The molecule has 1 saturated heterocycles. The van der Waals surface area contributed by atoms with E-state index in [0.717, 1.165) is 39.2 Å². The number of nitrogens with one attached hydrogen (secondary N) is 8. The van der Waals surface area contributed by atoms with E-state index in [1.807, 2.05) is 19.4 Å². The van der Waals surface area contributed by atoms with Crippen molar-refractivity contribution in [1.82, 2.24) is 40.6 Å².